The third-order valence-corrected chi connectivity index (χ3v) is 3.80. The molecule has 1 aromatic rings. The Morgan fingerprint density at radius 3 is 2.50 bits per heavy atom. The van der Waals surface area contributed by atoms with E-state index in [4.69, 9.17) is 9.15 Å². The fraction of sp³-hybridized carbons (Fsp3) is 0.722. The molecule has 26 heavy (non-hydrogen) atoms. The van der Waals surface area contributed by atoms with Crippen molar-refractivity contribution >= 4 is 12.1 Å². The first-order chi connectivity index (χ1) is 12.0. The van der Waals surface area contributed by atoms with Gasteiger partial charge >= 0.3 is 6.09 Å². The highest BCUT2D eigenvalue weighted by molar-refractivity contribution is 5.80. The molecule has 2 N–H and O–H groups in total. The number of ether oxygens (including phenoxy) is 1. The summed E-state index contributed by atoms with van der Waals surface area (Å²) >= 11 is 0. The van der Waals surface area contributed by atoms with Gasteiger partial charge in [-0.1, -0.05) is 20.8 Å². The van der Waals surface area contributed by atoms with E-state index in [2.05, 4.69) is 41.4 Å². The summed E-state index contributed by atoms with van der Waals surface area (Å²) in [4.78, 5) is 22.1. The molecular formula is C18H31N5O3. The fourth-order valence-electron chi connectivity index (χ4n) is 2.33. The molecule has 8 heteroatoms. The fourth-order valence-corrected chi connectivity index (χ4v) is 2.33. The topological polar surface area (TPSA) is 92.0 Å². The van der Waals surface area contributed by atoms with E-state index < -0.39 is 5.60 Å². The highest BCUT2D eigenvalue weighted by Gasteiger charge is 2.34. The molecule has 146 valence electrons. The minimum Gasteiger partial charge on any atom is -0.444 e. The maximum Gasteiger partial charge on any atom is 0.410 e. The number of rotatable bonds is 3. The summed E-state index contributed by atoms with van der Waals surface area (Å²) in [6, 6.07) is 0.142. The van der Waals surface area contributed by atoms with E-state index in [0.29, 0.717) is 31.5 Å². The number of nitrogens with zero attached hydrogens (tertiary/aromatic N) is 3. The van der Waals surface area contributed by atoms with E-state index in [1.165, 1.54) is 0 Å². The first-order valence-electron chi connectivity index (χ1n) is 8.88. The van der Waals surface area contributed by atoms with Crippen molar-refractivity contribution < 1.29 is 13.9 Å². The summed E-state index contributed by atoms with van der Waals surface area (Å²) in [5.41, 5.74) is -0.544. The number of aliphatic imine (C=N–C) groups is 1. The Morgan fingerprint density at radius 1 is 1.35 bits per heavy atom. The van der Waals surface area contributed by atoms with Crippen molar-refractivity contribution in [1.82, 2.24) is 20.5 Å². The van der Waals surface area contributed by atoms with Gasteiger partial charge in [-0.2, -0.15) is 0 Å². The third kappa shape index (κ3) is 5.64. The molecular weight excluding hydrogens is 334 g/mol. The van der Waals surface area contributed by atoms with Crippen LogP contribution in [-0.4, -0.2) is 53.7 Å². The summed E-state index contributed by atoms with van der Waals surface area (Å²) in [6.45, 7) is 13.4. The Kier molecular flexibility index (Phi) is 5.83. The van der Waals surface area contributed by atoms with Crippen LogP contribution >= 0.6 is 0 Å². The Balaban J connectivity index is 1.76. The van der Waals surface area contributed by atoms with Gasteiger partial charge in [0.25, 0.3) is 0 Å². The molecule has 1 aliphatic rings. The molecule has 8 nitrogen and oxygen atoms in total. The molecule has 1 aliphatic heterocycles. The quantitative estimate of drug-likeness (QED) is 0.630. The zero-order valence-corrected chi connectivity index (χ0v) is 16.8. The lowest BCUT2D eigenvalue weighted by Crippen LogP contribution is -2.63. The van der Waals surface area contributed by atoms with E-state index in [1.807, 2.05) is 20.8 Å². The van der Waals surface area contributed by atoms with Crippen LogP contribution < -0.4 is 10.6 Å². The predicted octanol–water partition coefficient (Wildman–Crippen LogP) is 2.26. The molecule has 0 saturated carbocycles. The molecule has 0 aromatic carbocycles. The van der Waals surface area contributed by atoms with Gasteiger partial charge in [0.05, 0.1) is 18.8 Å². The van der Waals surface area contributed by atoms with Crippen LogP contribution in [0.2, 0.25) is 0 Å². The SMILES string of the molecule is CN=C(NCc1ncc(C(C)(C)C)o1)NC1CN(C(=O)OC(C)(C)C)C1. The molecule has 0 radical (unpaired) electrons. The average Bonchev–Trinajstić information content (AvgIpc) is 2.92. The molecule has 0 bridgehead atoms. The van der Waals surface area contributed by atoms with Gasteiger partial charge in [0.1, 0.15) is 11.4 Å². The number of guanidine groups is 1. The van der Waals surface area contributed by atoms with Crippen molar-refractivity contribution in [3.63, 3.8) is 0 Å². The zero-order chi connectivity index (χ0) is 19.5. The predicted molar refractivity (Wildman–Crippen MR) is 100 cm³/mol. The lowest BCUT2D eigenvalue weighted by molar-refractivity contribution is 0.00701. The number of amides is 1. The summed E-state index contributed by atoms with van der Waals surface area (Å²) in [6.07, 6.45) is 1.48. The first-order valence-corrected chi connectivity index (χ1v) is 8.88. The van der Waals surface area contributed by atoms with Crippen molar-refractivity contribution in [2.24, 2.45) is 4.99 Å². The number of oxazole rings is 1. The maximum absolute atomic E-state index is 11.9. The highest BCUT2D eigenvalue weighted by Crippen LogP contribution is 2.22. The number of carbonyl (C=O) groups is 1. The summed E-state index contributed by atoms with van der Waals surface area (Å²) in [7, 11) is 1.70. The largest absolute Gasteiger partial charge is 0.444 e. The molecule has 1 amide bonds. The standard InChI is InChI=1S/C18H31N5O3/c1-17(2,3)13-8-20-14(25-13)9-21-15(19-7)22-12-10-23(11-12)16(24)26-18(4,5)6/h8,12H,9-11H2,1-7H3,(H2,19,21,22). The monoisotopic (exact) mass is 365 g/mol. The Labute approximate surface area is 155 Å². The molecule has 2 rings (SSSR count). The minimum atomic E-state index is -0.477. The lowest BCUT2D eigenvalue weighted by atomic mass is 9.94. The van der Waals surface area contributed by atoms with E-state index in [0.717, 1.165) is 5.76 Å². The minimum absolute atomic E-state index is 0.0672. The number of likely N-dealkylation sites (tertiary alicyclic amines) is 1. The smallest absolute Gasteiger partial charge is 0.410 e. The van der Waals surface area contributed by atoms with Crippen LogP contribution in [0.1, 0.15) is 53.2 Å². The summed E-state index contributed by atoms with van der Waals surface area (Å²) in [5.74, 6) is 2.11. The van der Waals surface area contributed by atoms with Gasteiger partial charge in [-0.25, -0.2) is 9.78 Å². The lowest BCUT2D eigenvalue weighted by Gasteiger charge is -2.40. The maximum atomic E-state index is 11.9. The van der Waals surface area contributed by atoms with Gasteiger partial charge in [0, 0.05) is 25.6 Å². The van der Waals surface area contributed by atoms with E-state index in [1.54, 1.807) is 18.1 Å². The van der Waals surface area contributed by atoms with Gasteiger partial charge in [-0.15, -0.1) is 0 Å². The van der Waals surface area contributed by atoms with E-state index in [-0.39, 0.29) is 17.6 Å². The third-order valence-electron chi connectivity index (χ3n) is 3.80. The molecule has 0 aliphatic carbocycles. The Bertz CT molecular complexity index is 649. The van der Waals surface area contributed by atoms with Gasteiger partial charge < -0.3 is 24.7 Å². The number of hydrogen-bond donors (Lipinski definition) is 2. The highest BCUT2D eigenvalue weighted by atomic mass is 16.6. The normalized spacial score (nSPS) is 16.3. The first kappa shape index (κ1) is 20.1. The average molecular weight is 365 g/mol. The molecule has 1 fully saturated rings. The molecule has 1 aromatic heterocycles. The van der Waals surface area contributed by atoms with Crippen LogP contribution in [0.5, 0.6) is 0 Å². The second-order valence-corrected chi connectivity index (χ2v) is 8.52. The molecule has 1 saturated heterocycles. The molecule has 2 heterocycles. The van der Waals surface area contributed by atoms with Crippen LogP contribution in [0.4, 0.5) is 4.79 Å². The molecule has 0 atom stereocenters. The Hall–Kier alpha value is -2.25. The zero-order valence-electron chi connectivity index (χ0n) is 16.8. The van der Waals surface area contributed by atoms with Gasteiger partial charge in [-0.3, -0.25) is 4.99 Å². The second kappa shape index (κ2) is 7.55. The van der Waals surface area contributed by atoms with Crippen LogP contribution in [0.3, 0.4) is 0 Å². The molecule has 0 spiro atoms. The second-order valence-electron chi connectivity index (χ2n) is 8.52. The van der Waals surface area contributed by atoms with E-state index in [9.17, 15) is 4.79 Å². The van der Waals surface area contributed by atoms with E-state index >= 15 is 0 Å². The van der Waals surface area contributed by atoms with Gasteiger partial charge in [0.15, 0.2) is 5.96 Å². The summed E-state index contributed by atoms with van der Waals surface area (Å²) < 4.78 is 11.1. The van der Waals surface area contributed by atoms with Crippen molar-refractivity contribution in [3.05, 3.63) is 17.8 Å². The molecule has 0 unspecified atom stereocenters. The Morgan fingerprint density at radius 2 is 2.00 bits per heavy atom. The van der Waals surface area contributed by atoms with Crippen LogP contribution in [0.15, 0.2) is 15.6 Å². The van der Waals surface area contributed by atoms with Crippen LogP contribution in [0.25, 0.3) is 0 Å². The van der Waals surface area contributed by atoms with Gasteiger partial charge in [0.2, 0.25) is 5.89 Å². The van der Waals surface area contributed by atoms with Gasteiger partial charge in [-0.05, 0) is 20.8 Å². The number of carbonyl (C=O) groups excluding carboxylic acids is 1. The van der Waals surface area contributed by atoms with Crippen LogP contribution in [0, 0.1) is 0 Å². The number of hydrogen-bond acceptors (Lipinski definition) is 5. The van der Waals surface area contributed by atoms with Crippen molar-refractivity contribution in [2.75, 3.05) is 20.1 Å². The van der Waals surface area contributed by atoms with Crippen molar-refractivity contribution in [2.45, 2.75) is 65.1 Å². The van der Waals surface area contributed by atoms with Crippen LogP contribution in [-0.2, 0) is 16.7 Å². The number of nitrogens with one attached hydrogen (secondary N) is 2. The summed E-state index contributed by atoms with van der Waals surface area (Å²) in [5, 5.41) is 6.46. The van der Waals surface area contributed by atoms with Crippen molar-refractivity contribution in [3.8, 4) is 0 Å². The number of aromatic nitrogens is 1. The van der Waals surface area contributed by atoms with Crippen molar-refractivity contribution in [1.29, 1.82) is 0 Å².